The molecule has 3 heteroatoms. The topological polar surface area (TPSA) is 17.0 Å². The molecule has 2 rings (SSSR count). The van der Waals surface area contributed by atoms with Gasteiger partial charge in [-0.05, 0) is 50.6 Å². The van der Waals surface area contributed by atoms with Gasteiger partial charge in [-0.15, -0.1) is 0 Å². The summed E-state index contributed by atoms with van der Waals surface area (Å²) in [6.07, 6.45) is 2.13. The molecule has 2 nitrogen and oxygen atoms in total. The first-order valence-electron chi connectivity index (χ1n) is 6.68. The van der Waals surface area contributed by atoms with E-state index in [-0.39, 0.29) is 5.54 Å². The average molecular weight is 321 g/mol. The third-order valence-electron chi connectivity index (χ3n) is 3.54. The Kier molecular flexibility index (Phi) is 4.48. The molecule has 0 saturated heterocycles. The van der Waals surface area contributed by atoms with Crippen molar-refractivity contribution in [2.45, 2.75) is 39.4 Å². The number of halogens is 1. The van der Waals surface area contributed by atoms with E-state index in [9.17, 15) is 0 Å². The smallest absolute Gasteiger partial charge is 0.0380 e. The highest BCUT2D eigenvalue weighted by molar-refractivity contribution is 9.10. The molecule has 1 aromatic heterocycles. The Balaban J connectivity index is 2.07. The van der Waals surface area contributed by atoms with Crippen molar-refractivity contribution in [3.05, 3.63) is 58.3 Å². The second-order valence-corrected chi connectivity index (χ2v) is 6.19. The van der Waals surface area contributed by atoms with Crippen LogP contribution in [-0.2, 0) is 18.6 Å². The normalized spacial score (nSPS) is 11.8. The number of nitrogens with zero attached hydrogens (tertiary/aromatic N) is 1. The molecule has 2 aromatic rings. The lowest BCUT2D eigenvalue weighted by Crippen LogP contribution is -2.36. The molecule has 0 unspecified atom stereocenters. The van der Waals surface area contributed by atoms with Gasteiger partial charge in [0.25, 0.3) is 0 Å². The van der Waals surface area contributed by atoms with Crippen LogP contribution < -0.4 is 5.32 Å². The van der Waals surface area contributed by atoms with E-state index in [1.807, 2.05) is 0 Å². The second-order valence-electron chi connectivity index (χ2n) is 5.27. The van der Waals surface area contributed by atoms with E-state index >= 15 is 0 Å². The van der Waals surface area contributed by atoms with E-state index in [1.165, 1.54) is 11.3 Å². The van der Waals surface area contributed by atoms with Crippen molar-refractivity contribution in [1.82, 2.24) is 9.88 Å². The predicted molar refractivity (Wildman–Crippen MR) is 84.1 cm³/mol. The molecule has 0 bridgehead atoms. The molecule has 1 heterocycles. The fourth-order valence-corrected chi connectivity index (χ4v) is 2.46. The predicted octanol–water partition coefficient (Wildman–Crippen LogP) is 4.30. The molecule has 1 aromatic carbocycles. The molecule has 0 saturated carbocycles. The number of rotatable bonds is 5. The molecule has 0 aliphatic heterocycles. The quantitative estimate of drug-likeness (QED) is 0.869. The van der Waals surface area contributed by atoms with Crippen molar-refractivity contribution >= 4 is 15.9 Å². The van der Waals surface area contributed by atoms with Crippen LogP contribution in [0.3, 0.4) is 0 Å². The summed E-state index contributed by atoms with van der Waals surface area (Å²) >= 11 is 3.48. The van der Waals surface area contributed by atoms with Gasteiger partial charge in [-0.3, -0.25) is 0 Å². The Morgan fingerprint density at radius 3 is 2.47 bits per heavy atom. The first kappa shape index (κ1) is 14.4. The summed E-state index contributed by atoms with van der Waals surface area (Å²) in [6, 6.07) is 12.8. The van der Waals surface area contributed by atoms with Gasteiger partial charge in [-0.2, -0.15) is 0 Å². The number of aryl methyl sites for hydroxylation is 1. The van der Waals surface area contributed by atoms with Gasteiger partial charge in [0.1, 0.15) is 0 Å². The van der Waals surface area contributed by atoms with Crippen LogP contribution in [0.25, 0.3) is 0 Å². The fraction of sp³-hybridized carbons (Fsp3) is 0.375. The van der Waals surface area contributed by atoms with Gasteiger partial charge in [0.05, 0.1) is 0 Å². The highest BCUT2D eigenvalue weighted by Crippen LogP contribution is 2.22. The number of benzene rings is 1. The zero-order valence-corrected chi connectivity index (χ0v) is 13.4. The van der Waals surface area contributed by atoms with Crippen LogP contribution in [0.2, 0.25) is 0 Å². The van der Waals surface area contributed by atoms with Gasteiger partial charge in [-0.1, -0.05) is 28.1 Å². The summed E-state index contributed by atoms with van der Waals surface area (Å²) in [6.45, 7) is 8.50. The molecular formula is C16H21BrN2. The van der Waals surface area contributed by atoms with Crippen LogP contribution in [0, 0.1) is 0 Å². The summed E-state index contributed by atoms with van der Waals surface area (Å²) in [5.74, 6) is 0. The zero-order valence-electron chi connectivity index (χ0n) is 11.8. The lowest BCUT2D eigenvalue weighted by Gasteiger charge is -2.27. The average Bonchev–Trinajstić information content (AvgIpc) is 2.84. The van der Waals surface area contributed by atoms with E-state index in [2.05, 4.69) is 89.2 Å². The lowest BCUT2D eigenvalue weighted by atomic mass is 9.94. The van der Waals surface area contributed by atoms with Crippen molar-refractivity contribution in [3.63, 3.8) is 0 Å². The van der Waals surface area contributed by atoms with E-state index in [4.69, 9.17) is 0 Å². The van der Waals surface area contributed by atoms with E-state index in [0.29, 0.717) is 0 Å². The van der Waals surface area contributed by atoms with Crippen molar-refractivity contribution in [3.8, 4) is 0 Å². The summed E-state index contributed by atoms with van der Waals surface area (Å²) in [4.78, 5) is 0. The van der Waals surface area contributed by atoms with Gasteiger partial charge >= 0.3 is 0 Å². The summed E-state index contributed by atoms with van der Waals surface area (Å²) in [7, 11) is 0. The molecule has 0 fully saturated rings. The Morgan fingerprint density at radius 1 is 1.16 bits per heavy atom. The number of aromatic nitrogens is 1. The molecule has 0 spiro atoms. The van der Waals surface area contributed by atoms with Crippen molar-refractivity contribution in [2.75, 3.05) is 0 Å². The first-order chi connectivity index (χ1) is 9.03. The first-order valence-corrected chi connectivity index (χ1v) is 7.47. The molecule has 19 heavy (non-hydrogen) atoms. The molecule has 1 N–H and O–H groups in total. The van der Waals surface area contributed by atoms with Crippen LogP contribution >= 0.6 is 15.9 Å². The van der Waals surface area contributed by atoms with Crippen molar-refractivity contribution < 1.29 is 0 Å². The van der Waals surface area contributed by atoms with Crippen molar-refractivity contribution in [2.24, 2.45) is 0 Å². The fourth-order valence-electron chi connectivity index (χ4n) is 2.20. The van der Waals surface area contributed by atoms with Crippen molar-refractivity contribution in [1.29, 1.82) is 0 Å². The van der Waals surface area contributed by atoms with Gasteiger partial charge in [0.15, 0.2) is 0 Å². The zero-order chi connectivity index (χ0) is 13.9. The van der Waals surface area contributed by atoms with Gasteiger partial charge in [-0.25, -0.2) is 0 Å². The van der Waals surface area contributed by atoms with Gasteiger partial charge < -0.3 is 9.88 Å². The third kappa shape index (κ3) is 3.48. The van der Waals surface area contributed by atoms with E-state index in [0.717, 1.165) is 17.6 Å². The standard InChI is InChI=1S/C16H21BrN2/c1-4-19-11-5-6-15(19)12-18-16(2,3)13-7-9-14(17)10-8-13/h5-11,18H,4,12H2,1-3H3. The molecular weight excluding hydrogens is 300 g/mol. The Hall–Kier alpha value is -1.06. The Bertz CT molecular complexity index is 526. The van der Waals surface area contributed by atoms with E-state index in [1.54, 1.807) is 0 Å². The molecule has 0 radical (unpaired) electrons. The van der Waals surface area contributed by atoms with Crippen LogP contribution in [0.5, 0.6) is 0 Å². The highest BCUT2D eigenvalue weighted by Gasteiger charge is 2.19. The Morgan fingerprint density at radius 2 is 1.84 bits per heavy atom. The lowest BCUT2D eigenvalue weighted by molar-refractivity contribution is 0.394. The van der Waals surface area contributed by atoms with Crippen LogP contribution in [0.15, 0.2) is 47.1 Å². The summed E-state index contributed by atoms with van der Waals surface area (Å²) in [5, 5.41) is 3.64. The third-order valence-corrected chi connectivity index (χ3v) is 4.07. The number of hydrogen-bond acceptors (Lipinski definition) is 1. The SMILES string of the molecule is CCn1cccc1CNC(C)(C)c1ccc(Br)cc1. The number of nitrogens with one attached hydrogen (secondary N) is 1. The molecule has 0 aliphatic rings. The second kappa shape index (κ2) is 5.93. The van der Waals surface area contributed by atoms with E-state index < -0.39 is 0 Å². The van der Waals surface area contributed by atoms with Crippen LogP contribution in [0.1, 0.15) is 32.0 Å². The molecule has 0 aliphatic carbocycles. The summed E-state index contributed by atoms with van der Waals surface area (Å²) < 4.78 is 3.39. The highest BCUT2D eigenvalue weighted by atomic mass is 79.9. The molecule has 0 amide bonds. The minimum atomic E-state index is -0.0382. The molecule has 102 valence electrons. The maximum atomic E-state index is 3.64. The monoisotopic (exact) mass is 320 g/mol. The maximum Gasteiger partial charge on any atom is 0.0380 e. The van der Waals surface area contributed by atoms with Crippen LogP contribution in [0.4, 0.5) is 0 Å². The Labute approximate surface area is 124 Å². The summed E-state index contributed by atoms with van der Waals surface area (Å²) in [5.41, 5.74) is 2.58. The molecule has 0 atom stereocenters. The minimum absolute atomic E-state index is 0.0382. The van der Waals surface area contributed by atoms with Crippen LogP contribution in [-0.4, -0.2) is 4.57 Å². The van der Waals surface area contributed by atoms with Gasteiger partial charge in [0.2, 0.25) is 0 Å². The number of hydrogen-bond donors (Lipinski definition) is 1. The largest absolute Gasteiger partial charge is 0.351 e. The maximum absolute atomic E-state index is 3.64. The van der Waals surface area contributed by atoms with Gasteiger partial charge in [0, 0.05) is 35.0 Å². The minimum Gasteiger partial charge on any atom is -0.351 e.